The highest BCUT2D eigenvalue weighted by atomic mass is 19.1. The van der Waals surface area contributed by atoms with E-state index < -0.39 is 17.8 Å². The number of aliphatic carboxylic acids is 1. The summed E-state index contributed by atoms with van der Waals surface area (Å²) >= 11 is 0. The molecule has 0 saturated carbocycles. The molecule has 1 unspecified atom stereocenters. The molecule has 88 valence electrons. The summed E-state index contributed by atoms with van der Waals surface area (Å²) in [5, 5.41) is 11.4. The van der Waals surface area contributed by atoms with Crippen molar-refractivity contribution in [2.45, 2.75) is 32.7 Å². The highest BCUT2D eigenvalue weighted by molar-refractivity contribution is 5.76. The van der Waals surface area contributed by atoms with Crippen molar-refractivity contribution in [2.24, 2.45) is 0 Å². The fraction of sp³-hybridized carbons (Fsp3) is 0.500. The fourth-order valence-electron chi connectivity index (χ4n) is 1.26. The number of carboxylic acids is 1. The third-order valence-corrected chi connectivity index (χ3v) is 2.21. The van der Waals surface area contributed by atoms with E-state index in [1.165, 1.54) is 6.33 Å². The molecule has 5 nitrogen and oxygen atoms in total. The van der Waals surface area contributed by atoms with Gasteiger partial charge in [0.25, 0.3) is 0 Å². The van der Waals surface area contributed by atoms with Crippen LogP contribution in [0.1, 0.15) is 26.0 Å². The largest absolute Gasteiger partial charge is 0.480 e. The minimum absolute atomic E-state index is 0.0545. The predicted octanol–water partition coefficient (Wildman–Crippen LogP) is 1.45. The molecule has 0 fully saturated rings. The third kappa shape index (κ3) is 2.65. The van der Waals surface area contributed by atoms with Gasteiger partial charge in [0.05, 0.1) is 5.69 Å². The zero-order chi connectivity index (χ0) is 12.1. The van der Waals surface area contributed by atoms with Gasteiger partial charge in [-0.3, -0.25) is 0 Å². The van der Waals surface area contributed by atoms with Gasteiger partial charge in [-0.1, -0.05) is 13.8 Å². The van der Waals surface area contributed by atoms with Crippen LogP contribution < -0.4 is 5.32 Å². The number of carbonyl (C=O) groups is 1. The highest BCUT2D eigenvalue weighted by Crippen LogP contribution is 2.14. The Morgan fingerprint density at radius 3 is 2.75 bits per heavy atom. The van der Waals surface area contributed by atoms with Crippen LogP contribution in [0.3, 0.4) is 0 Å². The Kier molecular flexibility index (Phi) is 4.16. The van der Waals surface area contributed by atoms with Gasteiger partial charge in [-0.25, -0.2) is 19.2 Å². The van der Waals surface area contributed by atoms with Crippen LogP contribution >= 0.6 is 0 Å². The average Bonchev–Trinajstić information content (AvgIpc) is 2.27. The Balaban J connectivity index is 2.92. The van der Waals surface area contributed by atoms with Crippen molar-refractivity contribution in [3.8, 4) is 0 Å². The molecular formula is C10H14FN3O2. The number of rotatable bonds is 5. The molecule has 6 heteroatoms. The number of hydrogen-bond donors (Lipinski definition) is 2. The van der Waals surface area contributed by atoms with E-state index in [0.29, 0.717) is 12.8 Å². The maximum absolute atomic E-state index is 13.7. The molecule has 0 aliphatic heterocycles. The number of anilines is 1. The summed E-state index contributed by atoms with van der Waals surface area (Å²) in [5.74, 6) is -1.66. The molecule has 1 rings (SSSR count). The molecule has 1 atom stereocenters. The number of halogens is 1. The number of nitrogens with zero attached hydrogens (tertiary/aromatic N) is 2. The minimum Gasteiger partial charge on any atom is -0.480 e. The van der Waals surface area contributed by atoms with Crippen molar-refractivity contribution in [1.29, 1.82) is 0 Å². The van der Waals surface area contributed by atoms with E-state index in [1.807, 2.05) is 0 Å². The Bertz CT molecular complexity index is 384. The summed E-state index contributed by atoms with van der Waals surface area (Å²) < 4.78 is 13.7. The topological polar surface area (TPSA) is 75.1 Å². The molecule has 0 radical (unpaired) electrons. The average molecular weight is 227 g/mol. The number of aryl methyl sites for hydroxylation is 1. The minimum atomic E-state index is -1.03. The standard InChI is InChI=1S/C10H14FN3O2/c1-3-6-8(11)9(13-5-12-6)14-7(4-2)10(15)16/h5,7H,3-4H2,1-2H3,(H,15,16)(H,12,13,14). The maximum Gasteiger partial charge on any atom is 0.326 e. The maximum atomic E-state index is 13.7. The second kappa shape index (κ2) is 5.39. The molecule has 16 heavy (non-hydrogen) atoms. The van der Waals surface area contributed by atoms with Crippen molar-refractivity contribution < 1.29 is 14.3 Å². The molecule has 1 aromatic rings. The monoisotopic (exact) mass is 227 g/mol. The summed E-state index contributed by atoms with van der Waals surface area (Å²) in [7, 11) is 0. The number of hydrogen-bond acceptors (Lipinski definition) is 4. The van der Waals surface area contributed by atoms with E-state index in [-0.39, 0.29) is 11.5 Å². The van der Waals surface area contributed by atoms with Crippen molar-refractivity contribution >= 4 is 11.8 Å². The second-order valence-corrected chi connectivity index (χ2v) is 3.28. The van der Waals surface area contributed by atoms with Gasteiger partial charge in [-0.05, 0) is 12.8 Å². The van der Waals surface area contributed by atoms with Gasteiger partial charge in [0.1, 0.15) is 12.4 Å². The SMILES string of the molecule is CCc1ncnc(NC(CC)C(=O)O)c1F. The molecule has 1 aromatic heterocycles. The molecule has 0 spiro atoms. The molecule has 0 bridgehead atoms. The first-order valence-corrected chi connectivity index (χ1v) is 5.08. The van der Waals surface area contributed by atoms with Crippen molar-refractivity contribution in [3.63, 3.8) is 0 Å². The Morgan fingerprint density at radius 2 is 2.25 bits per heavy atom. The Labute approximate surface area is 92.7 Å². The Hall–Kier alpha value is -1.72. The highest BCUT2D eigenvalue weighted by Gasteiger charge is 2.18. The van der Waals surface area contributed by atoms with Crippen LogP contribution in [-0.2, 0) is 11.2 Å². The molecule has 0 saturated heterocycles. The Morgan fingerprint density at radius 1 is 1.56 bits per heavy atom. The van der Waals surface area contributed by atoms with Crippen LogP contribution in [-0.4, -0.2) is 27.1 Å². The first kappa shape index (κ1) is 12.4. The smallest absolute Gasteiger partial charge is 0.326 e. The van der Waals surface area contributed by atoms with Gasteiger partial charge in [-0.15, -0.1) is 0 Å². The van der Waals surface area contributed by atoms with E-state index in [9.17, 15) is 9.18 Å². The third-order valence-electron chi connectivity index (χ3n) is 2.21. The van der Waals surface area contributed by atoms with Gasteiger partial charge < -0.3 is 10.4 Å². The predicted molar refractivity (Wildman–Crippen MR) is 56.7 cm³/mol. The van der Waals surface area contributed by atoms with Crippen LogP contribution in [0.4, 0.5) is 10.2 Å². The number of aromatic nitrogens is 2. The summed E-state index contributed by atoms with van der Waals surface area (Å²) in [6.45, 7) is 3.47. The fourth-order valence-corrected chi connectivity index (χ4v) is 1.26. The second-order valence-electron chi connectivity index (χ2n) is 3.28. The molecule has 0 aliphatic rings. The number of nitrogens with one attached hydrogen (secondary N) is 1. The van der Waals surface area contributed by atoms with Gasteiger partial charge in [0.15, 0.2) is 11.6 Å². The summed E-state index contributed by atoms with van der Waals surface area (Å²) in [4.78, 5) is 18.2. The van der Waals surface area contributed by atoms with E-state index in [4.69, 9.17) is 5.11 Å². The van der Waals surface area contributed by atoms with Gasteiger partial charge in [0.2, 0.25) is 0 Å². The molecule has 1 heterocycles. The first-order valence-electron chi connectivity index (χ1n) is 5.08. The first-order chi connectivity index (χ1) is 7.60. The van der Waals surface area contributed by atoms with Gasteiger partial charge in [0, 0.05) is 0 Å². The van der Waals surface area contributed by atoms with E-state index >= 15 is 0 Å². The van der Waals surface area contributed by atoms with Crippen LogP contribution in [0.5, 0.6) is 0 Å². The van der Waals surface area contributed by atoms with Gasteiger partial charge >= 0.3 is 5.97 Å². The van der Waals surface area contributed by atoms with Crippen molar-refractivity contribution in [3.05, 3.63) is 17.8 Å². The van der Waals surface area contributed by atoms with Crippen LogP contribution in [0, 0.1) is 5.82 Å². The van der Waals surface area contributed by atoms with Crippen molar-refractivity contribution in [1.82, 2.24) is 9.97 Å². The lowest BCUT2D eigenvalue weighted by Gasteiger charge is -2.13. The van der Waals surface area contributed by atoms with Crippen LogP contribution in [0.25, 0.3) is 0 Å². The molecule has 0 aliphatic carbocycles. The van der Waals surface area contributed by atoms with E-state index in [1.54, 1.807) is 13.8 Å². The van der Waals surface area contributed by atoms with Crippen LogP contribution in [0.2, 0.25) is 0 Å². The summed E-state index contributed by atoms with van der Waals surface area (Å²) in [6, 6.07) is -0.839. The quantitative estimate of drug-likeness (QED) is 0.796. The molecule has 0 aromatic carbocycles. The summed E-state index contributed by atoms with van der Waals surface area (Å²) in [6.07, 6.45) is 2.01. The normalized spacial score (nSPS) is 12.2. The lowest BCUT2D eigenvalue weighted by molar-refractivity contribution is -0.137. The zero-order valence-electron chi connectivity index (χ0n) is 9.20. The van der Waals surface area contributed by atoms with Crippen LogP contribution in [0.15, 0.2) is 6.33 Å². The van der Waals surface area contributed by atoms with Crippen molar-refractivity contribution in [2.75, 3.05) is 5.32 Å². The summed E-state index contributed by atoms with van der Waals surface area (Å²) in [5.41, 5.74) is 0.276. The lowest BCUT2D eigenvalue weighted by atomic mass is 10.2. The molecular weight excluding hydrogens is 213 g/mol. The number of carboxylic acid groups (broad SMARTS) is 1. The van der Waals surface area contributed by atoms with E-state index in [0.717, 1.165) is 0 Å². The molecule has 0 amide bonds. The molecule has 2 N–H and O–H groups in total. The van der Waals surface area contributed by atoms with E-state index in [2.05, 4.69) is 15.3 Å². The lowest BCUT2D eigenvalue weighted by Crippen LogP contribution is -2.29. The zero-order valence-corrected chi connectivity index (χ0v) is 9.20. The van der Waals surface area contributed by atoms with Gasteiger partial charge in [-0.2, -0.15) is 0 Å².